The third-order valence-electron chi connectivity index (χ3n) is 5.68. The number of alkyl halides is 3. The summed E-state index contributed by atoms with van der Waals surface area (Å²) in [5.74, 6) is -1.91. The molecule has 2 N–H and O–H groups in total. The number of rotatable bonds is 9. The first-order valence-electron chi connectivity index (χ1n) is 11.6. The Morgan fingerprint density at radius 3 is 2.64 bits per heavy atom. The minimum atomic E-state index is -5.14. The summed E-state index contributed by atoms with van der Waals surface area (Å²) in [4.78, 5) is 33.7. The van der Waals surface area contributed by atoms with Crippen LogP contribution in [0.2, 0.25) is 0 Å². The van der Waals surface area contributed by atoms with E-state index in [1.54, 1.807) is 25.1 Å². The summed E-state index contributed by atoms with van der Waals surface area (Å²) in [6.45, 7) is 0.530. The first-order valence-corrected chi connectivity index (χ1v) is 11.6. The summed E-state index contributed by atoms with van der Waals surface area (Å²) >= 11 is 0. The van der Waals surface area contributed by atoms with Crippen molar-refractivity contribution in [3.8, 4) is 17.0 Å². The molecular weight excluding hydrogens is 519 g/mol. The zero-order chi connectivity index (χ0) is 28.3. The van der Waals surface area contributed by atoms with Gasteiger partial charge in [0.05, 0.1) is 16.3 Å². The van der Waals surface area contributed by atoms with Crippen LogP contribution in [0.4, 0.5) is 30.5 Å². The summed E-state index contributed by atoms with van der Waals surface area (Å²) in [5, 5.41) is 17.7. The number of ether oxygens (including phenoxy) is 1. The van der Waals surface area contributed by atoms with Gasteiger partial charge in [-0.15, -0.1) is 13.2 Å². The van der Waals surface area contributed by atoms with Gasteiger partial charge >= 0.3 is 6.36 Å². The van der Waals surface area contributed by atoms with Crippen LogP contribution in [-0.2, 0) is 7.05 Å². The van der Waals surface area contributed by atoms with Gasteiger partial charge in [0.15, 0.2) is 5.75 Å². The Balaban J connectivity index is 1.73. The van der Waals surface area contributed by atoms with Gasteiger partial charge in [0.1, 0.15) is 5.56 Å². The van der Waals surface area contributed by atoms with E-state index in [2.05, 4.69) is 25.3 Å². The van der Waals surface area contributed by atoms with Gasteiger partial charge in [-0.25, -0.2) is 9.97 Å². The number of nitrogens with one attached hydrogen (secondary N) is 2. The molecule has 4 aromatic rings. The Hall–Kier alpha value is -4.72. The van der Waals surface area contributed by atoms with Gasteiger partial charge in [-0.3, -0.25) is 14.9 Å². The summed E-state index contributed by atoms with van der Waals surface area (Å²) in [7, 11) is 5.37. The molecule has 0 aliphatic rings. The fraction of sp³-hybridized carbons (Fsp3) is 0.240. The fourth-order valence-corrected chi connectivity index (χ4v) is 3.93. The summed E-state index contributed by atoms with van der Waals surface area (Å²) in [6, 6.07) is 10.7. The monoisotopic (exact) mass is 543 g/mol. The van der Waals surface area contributed by atoms with Crippen LogP contribution >= 0.6 is 0 Å². The lowest BCUT2D eigenvalue weighted by molar-refractivity contribution is -0.385. The van der Waals surface area contributed by atoms with E-state index in [1.807, 2.05) is 42.1 Å². The minimum absolute atomic E-state index is 0.118. The number of likely N-dealkylation sites (N-methyl/N-ethyl adjacent to an activating group) is 1. The molecule has 0 fully saturated rings. The van der Waals surface area contributed by atoms with Gasteiger partial charge in [0.2, 0.25) is 5.95 Å². The third-order valence-corrected chi connectivity index (χ3v) is 5.68. The highest BCUT2D eigenvalue weighted by molar-refractivity contribution is 6.00. The zero-order valence-corrected chi connectivity index (χ0v) is 21.1. The molecule has 11 nitrogen and oxygen atoms in total. The second kappa shape index (κ2) is 10.9. The van der Waals surface area contributed by atoms with Gasteiger partial charge in [-0.05, 0) is 26.2 Å². The SMILES string of the molecule is CN(C)CCNC(=O)c1cc(OC(F)(F)F)c(Nc2nccc(-c3cn(C)c4ccccc34)n2)cc1[N+](=O)[O-]. The normalized spacial score (nSPS) is 11.6. The van der Waals surface area contributed by atoms with Crippen molar-refractivity contribution in [1.29, 1.82) is 0 Å². The highest BCUT2D eigenvalue weighted by atomic mass is 19.4. The fourth-order valence-electron chi connectivity index (χ4n) is 3.93. The largest absolute Gasteiger partial charge is 0.573 e. The summed E-state index contributed by atoms with van der Waals surface area (Å²) in [5.41, 5.74) is 0.402. The van der Waals surface area contributed by atoms with Gasteiger partial charge in [0, 0.05) is 61.1 Å². The van der Waals surface area contributed by atoms with Gasteiger partial charge < -0.3 is 24.8 Å². The van der Waals surface area contributed by atoms with Crippen LogP contribution in [0, 0.1) is 10.1 Å². The van der Waals surface area contributed by atoms with Crippen molar-refractivity contribution in [1.82, 2.24) is 24.8 Å². The third kappa shape index (κ3) is 6.41. The average molecular weight is 544 g/mol. The molecule has 204 valence electrons. The second-order valence-corrected chi connectivity index (χ2v) is 8.79. The number of nitrogens with zero attached hydrogens (tertiary/aromatic N) is 5. The van der Waals surface area contributed by atoms with Crippen molar-refractivity contribution in [3.05, 3.63) is 70.5 Å². The predicted octanol–water partition coefficient (Wildman–Crippen LogP) is 4.48. The number of para-hydroxylation sites is 1. The minimum Gasteiger partial charge on any atom is -0.404 e. The van der Waals surface area contributed by atoms with Crippen LogP contribution < -0.4 is 15.4 Å². The van der Waals surface area contributed by atoms with Crippen LogP contribution in [0.15, 0.2) is 54.9 Å². The van der Waals surface area contributed by atoms with Crippen LogP contribution in [0.5, 0.6) is 5.75 Å². The highest BCUT2D eigenvalue weighted by Gasteiger charge is 2.34. The second-order valence-electron chi connectivity index (χ2n) is 8.79. The highest BCUT2D eigenvalue weighted by Crippen LogP contribution is 2.38. The number of aryl methyl sites for hydroxylation is 1. The number of aromatic nitrogens is 3. The molecule has 0 aliphatic heterocycles. The van der Waals surface area contributed by atoms with Crippen molar-refractivity contribution < 1.29 is 27.6 Å². The van der Waals surface area contributed by atoms with Crippen LogP contribution in [-0.4, -0.2) is 63.8 Å². The molecule has 2 aromatic heterocycles. The Bertz CT molecular complexity index is 1540. The maximum Gasteiger partial charge on any atom is 0.573 e. The van der Waals surface area contributed by atoms with E-state index >= 15 is 0 Å². The van der Waals surface area contributed by atoms with Crippen molar-refractivity contribution in [2.75, 3.05) is 32.5 Å². The lowest BCUT2D eigenvalue weighted by atomic mass is 10.1. The van der Waals surface area contributed by atoms with Crippen molar-refractivity contribution in [2.24, 2.45) is 7.05 Å². The van der Waals surface area contributed by atoms with E-state index in [0.717, 1.165) is 22.5 Å². The quantitative estimate of drug-likeness (QED) is 0.234. The number of hydrogen-bond acceptors (Lipinski definition) is 8. The predicted molar refractivity (Wildman–Crippen MR) is 138 cm³/mol. The van der Waals surface area contributed by atoms with Crippen LogP contribution in [0.1, 0.15) is 10.4 Å². The number of hydrogen-bond donors (Lipinski definition) is 2. The van der Waals surface area contributed by atoms with Crippen LogP contribution in [0.3, 0.4) is 0 Å². The molecule has 0 saturated carbocycles. The number of fused-ring (bicyclic) bond motifs is 1. The van der Waals surface area contributed by atoms with Gasteiger partial charge in [-0.1, -0.05) is 18.2 Å². The molecule has 0 aliphatic carbocycles. The molecule has 0 unspecified atom stereocenters. The molecule has 14 heteroatoms. The molecule has 2 aromatic carbocycles. The van der Waals surface area contributed by atoms with E-state index in [1.165, 1.54) is 6.20 Å². The van der Waals surface area contributed by atoms with E-state index < -0.39 is 39.9 Å². The lowest BCUT2D eigenvalue weighted by Crippen LogP contribution is -2.31. The number of nitro groups is 1. The average Bonchev–Trinajstić information content (AvgIpc) is 3.20. The molecule has 0 saturated heterocycles. The molecule has 0 atom stereocenters. The van der Waals surface area contributed by atoms with Crippen molar-refractivity contribution in [2.45, 2.75) is 6.36 Å². The number of amides is 1. The molecule has 39 heavy (non-hydrogen) atoms. The maximum absolute atomic E-state index is 13.3. The van der Waals surface area contributed by atoms with E-state index in [4.69, 9.17) is 0 Å². The topological polar surface area (TPSA) is 127 Å². The number of benzene rings is 2. The summed E-state index contributed by atoms with van der Waals surface area (Å²) in [6.07, 6.45) is -1.89. The van der Waals surface area contributed by atoms with E-state index in [9.17, 15) is 28.1 Å². The first kappa shape index (κ1) is 27.3. The van der Waals surface area contributed by atoms with Crippen LogP contribution in [0.25, 0.3) is 22.2 Å². The molecule has 1 amide bonds. The van der Waals surface area contributed by atoms with Crippen molar-refractivity contribution >= 4 is 34.1 Å². The zero-order valence-electron chi connectivity index (χ0n) is 21.1. The Kier molecular flexibility index (Phi) is 7.67. The van der Waals surface area contributed by atoms with Gasteiger partial charge in [-0.2, -0.15) is 0 Å². The summed E-state index contributed by atoms with van der Waals surface area (Å²) < 4.78 is 45.8. The molecule has 2 heterocycles. The number of carbonyl (C=O) groups excluding carboxylic acids is 1. The number of anilines is 2. The lowest BCUT2D eigenvalue weighted by Gasteiger charge is -2.16. The molecule has 0 spiro atoms. The molecule has 0 radical (unpaired) electrons. The smallest absolute Gasteiger partial charge is 0.404 e. The standard InChI is InChI=1S/C25H24F3N7O4/c1-33(2)11-10-29-23(36)16-12-22(39-25(26,27)28)19(13-21(16)35(37)38)32-24-30-9-8-18(31-24)17-14-34(3)20-7-5-4-6-15(17)20/h4-9,12-14H,10-11H2,1-3H3,(H,29,36)(H,30,31,32). The Labute approximate surface area is 220 Å². The molecule has 4 rings (SSSR count). The Morgan fingerprint density at radius 2 is 1.95 bits per heavy atom. The van der Waals surface area contributed by atoms with E-state index in [-0.39, 0.29) is 12.5 Å². The Morgan fingerprint density at radius 1 is 1.21 bits per heavy atom. The van der Waals surface area contributed by atoms with Crippen molar-refractivity contribution in [3.63, 3.8) is 0 Å². The molecular formula is C25H24F3N7O4. The number of halogens is 3. The first-order chi connectivity index (χ1) is 18.4. The van der Waals surface area contributed by atoms with Gasteiger partial charge in [0.25, 0.3) is 11.6 Å². The number of nitro benzene ring substituents is 1. The maximum atomic E-state index is 13.3. The number of carbonyl (C=O) groups is 1. The van der Waals surface area contributed by atoms with E-state index in [0.29, 0.717) is 18.3 Å². The molecule has 0 bridgehead atoms.